The van der Waals surface area contributed by atoms with Crippen molar-refractivity contribution in [2.24, 2.45) is 5.92 Å². The maximum atomic E-state index is 11.8. The van der Waals surface area contributed by atoms with Gasteiger partial charge in [0.2, 0.25) is 5.91 Å². The van der Waals surface area contributed by atoms with E-state index in [2.05, 4.69) is 5.32 Å². The standard InChI is InChI=1S/C9H14N2O3/c1-2-3-11-8(12)6-4-14-5-7(6)10-9(11)13/h6-7H,2-5H2,1H3,(H,10,13). The second kappa shape index (κ2) is 3.57. The van der Waals surface area contributed by atoms with E-state index in [0.29, 0.717) is 19.8 Å². The number of ether oxygens (including phenoxy) is 1. The van der Waals surface area contributed by atoms with Crippen molar-refractivity contribution >= 4 is 11.9 Å². The van der Waals surface area contributed by atoms with Crippen LogP contribution in [-0.4, -0.2) is 42.6 Å². The van der Waals surface area contributed by atoms with E-state index in [4.69, 9.17) is 4.74 Å². The van der Waals surface area contributed by atoms with Crippen molar-refractivity contribution in [3.8, 4) is 0 Å². The Bertz CT molecular complexity index is 267. The Labute approximate surface area is 82.4 Å². The van der Waals surface area contributed by atoms with Crippen LogP contribution in [0, 0.1) is 5.92 Å². The molecule has 0 aliphatic carbocycles. The number of rotatable bonds is 2. The van der Waals surface area contributed by atoms with Gasteiger partial charge in [0.15, 0.2) is 0 Å². The fourth-order valence-corrected chi connectivity index (χ4v) is 1.91. The number of hydrogen-bond donors (Lipinski definition) is 1. The minimum Gasteiger partial charge on any atom is -0.378 e. The van der Waals surface area contributed by atoms with Gasteiger partial charge >= 0.3 is 6.03 Å². The lowest BCUT2D eigenvalue weighted by atomic mass is 10.00. The van der Waals surface area contributed by atoms with E-state index < -0.39 is 0 Å². The molecule has 3 amide bonds. The van der Waals surface area contributed by atoms with Gasteiger partial charge in [-0.2, -0.15) is 0 Å². The van der Waals surface area contributed by atoms with E-state index in [-0.39, 0.29) is 23.9 Å². The van der Waals surface area contributed by atoms with Gasteiger partial charge in [-0.15, -0.1) is 0 Å². The molecule has 14 heavy (non-hydrogen) atoms. The zero-order chi connectivity index (χ0) is 10.1. The fraction of sp³-hybridized carbons (Fsp3) is 0.778. The summed E-state index contributed by atoms with van der Waals surface area (Å²) >= 11 is 0. The smallest absolute Gasteiger partial charge is 0.324 e. The molecule has 5 nitrogen and oxygen atoms in total. The Morgan fingerprint density at radius 1 is 1.50 bits per heavy atom. The molecule has 1 N–H and O–H groups in total. The summed E-state index contributed by atoms with van der Waals surface area (Å²) in [5, 5.41) is 2.78. The summed E-state index contributed by atoms with van der Waals surface area (Å²) in [6.45, 7) is 3.33. The molecule has 0 aromatic rings. The third kappa shape index (κ3) is 1.37. The highest BCUT2D eigenvalue weighted by Crippen LogP contribution is 2.21. The Morgan fingerprint density at radius 2 is 2.29 bits per heavy atom. The maximum absolute atomic E-state index is 11.8. The molecular weight excluding hydrogens is 184 g/mol. The maximum Gasteiger partial charge on any atom is 0.324 e. The topological polar surface area (TPSA) is 58.6 Å². The summed E-state index contributed by atoms with van der Waals surface area (Å²) in [4.78, 5) is 24.6. The quantitative estimate of drug-likeness (QED) is 0.677. The summed E-state index contributed by atoms with van der Waals surface area (Å²) < 4.78 is 5.17. The van der Waals surface area contributed by atoms with Crippen molar-refractivity contribution in [1.29, 1.82) is 0 Å². The van der Waals surface area contributed by atoms with Crippen LogP contribution in [0.4, 0.5) is 4.79 Å². The Morgan fingerprint density at radius 3 is 3.00 bits per heavy atom. The number of carbonyl (C=O) groups is 2. The fourth-order valence-electron chi connectivity index (χ4n) is 1.91. The summed E-state index contributed by atoms with van der Waals surface area (Å²) in [5.41, 5.74) is 0. The second-order valence-corrected chi connectivity index (χ2v) is 3.69. The Kier molecular flexibility index (Phi) is 2.41. The highest BCUT2D eigenvalue weighted by atomic mass is 16.5. The van der Waals surface area contributed by atoms with Gasteiger partial charge in [0.25, 0.3) is 0 Å². The number of nitrogens with one attached hydrogen (secondary N) is 1. The summed E-state index contributed by atoms with van der Waals surface area (Å²) in [6, 6.07) is -0.383. The van der Waals surface area contributed by atoms with E-state index in [1.54, 1.807) is 0 Å². The van der Waals surface area contributed by atoms with Crippen LogP contribution in [0.2, 0.25) is 0 Å². The monoisotopic (exact) mass is 198 g/mol. The average Bonchev–Trinajstić information content (AvgIpc) is 2.60. The Hall–Kier alpha value is -1.10. The highest BCUT2D eigenvalue weighted by Gasteiger charge is 2.43. The van der Waals surface area contributed by atoms with E-state index in [1.807, 2.05) is 6.92 Å². The molecule has 0 aromatic carbocycles. The number of fused-ring (bicyclic) bond motifs is 1. The first-order valence-electron chi connectivity index (χ1n) is 4.93. The molecule has 2 aliphatic heterocycles. The average molecular weight is 198 g/mol. The molecule has 0 aromatic heterocycles. The Balaban J connectivity index is 2.13. The number of carbonyl (C=O) groups excluding carboxylic acids is 2. The molecule has 0 spiro atoms. The van der Waals surface area contributed by atoms with Crippen molar-refractivity contribution in [2.45, 2.75) is 19.4 Å². The molecule has 2 saturated heterocycles. The minimum atomic E-state index is -0.274. The molecule has 2 aliphatic rings. The van der Waals surface area contributed by atoms with E-state index in [9.17, 15) is 9.59 Å². The highest BCUT2D eigenvalue weighted by molar-refractivity contribution is 5.98. The van der Waals surface area contributed by atoms with Crippen LogP contribution in [0.3, 0.4) is 0 Å². The molecule has 2 unspecified atom stereocenters. The van der Waals surface area contributed by atoms with Crippen LogP contribution in [0.1, 0.15) is 13.3 Å². The van der Waals surface area contributed by atoms with Gasteiger partial charge in [-0.25, -0.2) is 4.79 Å². The summed E-state index contributed by atoms with van der Waals surface area (Å²) in [6.07, 6.45) is 0.789. The van der Waals surface area contributed by atoms with Gasteiger partial charge in [0.1, 0.15) is 0 Å². The second-order valence-electron chi connectivity index (χ2n) is 3.69. The molecule has 0 radical (unpaired) electrons. The molecule has 5 heteroatoms. The molecule has 2 heterocycles. The molecule has 2 fully saturated rings. The largest absolute Gasteiger partial charge is 0.378 e. The van der Waals surface area contributed by atoms with Crippen LogP contribution < -0.4 is 5.32 Å². The van der Waals surface area contributed by atoms with Crippen LogP contribution in [0.5, 0.6) is 0 Å². The van der Waals surface area contributed by atoms with Gasteiger partial charge in [-0.1, -0.05) is 6.92 Å². The molecule has 0 bridgehead atoms. The number of hydrogen-bond acceptors (Lipinski definition) is 3. The molecule has 2 atom stereocenters. The first-order chi connectivity index (χ1) is 6.74. The minimum absolute atomic E-state index is 0.0851. The van der Waals surface area contributed by atoms with E-state index in [0.717, 1.165) is 6.42 Å². The zero-order valence-electron chi connectivity index (χ0n) is 8.16. The van der Waals surface area contributed by atoms with E-state index >= 15 is 0 Å². The van der Waals surface area contributed by atoms with Crippen LogP contribution in [-0.2, 0) is 9.53 Å². The van der Waals surface area contributed by atoms with Crippen molar-refractivity contribution in [1.82, 2.24) is 10.2 Å². The van der Waals surface area contributed by atoms with Crippen molar-refractivity contribution in [2.75, 3.05) is 19.8 Å². The molecular formula is C9H14N2O3. The number of imide groups is 1. The van der Waals surface area contributed by atoms with Gasteiger partial charge in [0, 0.05) is 6.54 Å². The number of urea groups is 1. The van der Waals surface area contributed by atoms with Crippen LogP contribution >= 0.6 is 0 Å². The molecule has 78 valence electrons. The number of nitrogens with zero attached hydrogens (tertiary/aromatic N) is 1. The summed E-state index contributed by atoms with van der Waals surface area (Å²) in [7, 11) is 0. The van der Waals surface area contributed by atoms with E-state index in [1.165, 1.54) is 4.90 Å². The third-order valence-corrected chi connectivity index (χ3v) is 2.66. The van der Waals surface area contributed by atoms with Crippen molar-refractivity contribution in [3.63, 3.8) is 0 Å². The number of amides is 3. The predicted octanol–water partition coefficient (Wildman–Crippen LogP) is -0.0368. The van der Waals surface area contributed by atoms with Gasteiger partial charge in [-0.3, -0.25) is 9.69 Å². The predicted molar refractivity (Wildman–Crippen MR) is 48.6 cm³/mol. The van der Waals surface area contributed by atoms with Gasteiger partial charge < -0.3 is 10.1 Å². The van der Waals surface area contributed by atoms with Gasteiger partial charge in [0.05, 0.1) is 25.2 Å². The molecule has 0 saturated carbocycles. The first-order valence-corrected chi connectivity index (χ1v) is 4.93. The SMILES string of the molecule is CCCN1C(=O)NC2COCC2C1=O. The normalized spacial score (nSPS) is 31.6. The lowest BCUT2D eigenvalue weighted by Gasteiger charge is -2.32. The van der Waals surface area contributed by atoms with Crippen LogP contribution in [0.25, 0.3) is 0 Å². The first kappa shape index (κ1) is 9.45. The van der Waals surface area contributed by atoms with Crippen molar-refractivity contribution in [3.05, 3.63) is 0 Å². The zero-order valence-corrected chi connectivity index (χ0v) is 8.16. The lowest BCUT2D eigenvalue weighted by Crippen LogP contribution is -2.59. The van der Waals surface area contributed by atoms with Crippen molar-refractivity contribution < 1.29 is 14.3 Å². The lowest BCUT2D eigenvalue weighted by molar-refractivity contribution is -0.134. The van der Waals surface area contributed by atoms with Gasteiger partial charge in [-0.05, 0) is 6.42 Å². The summed E-state index contributed by atoms with van der Waals surface area (Å²) in [5.74, 6) is -0.252. The third-order valence-electron chi connectivity index (χ3n) is 2.66. The molecule has 2 rings (SSSR count). The van der Waals surface area contributed by atoms with Crippen LogP contribution in [0.15, 0.2) is 0 Å².